The molecule has 0 aliphatic rings. The summed E-state index contributed by atoms with van der Waals surface area (Å²) in [6.07, 6.45) is 1.20. The topological polar surface area (TPSA) is 51.2 Å². The van der Waals surface area contributed by atoms with Crippen LogP contribution in [0, 0.1) is 0 Å². The van der Waals surface area contributed by atoms with Crippen LogP contribution in [0.1, 0.15) is 21.5 Å². The van der Waals surface area contributed by atoms with Crippen molar-refractivity contribution in [1.82, 2.24) is 0 Å². The van der Waals surface area contributed by atoms with E-state index in [4.69, 9.17) is 46.4 Å². The van der Waals surface area contributed by atoms with Gasteiger partial charge in [-0.3, -0.25) is 4.79 Å². The lowest BCUT2D eigenvalue weighted by molar-refractivity contribution is 0.104. The summed E-state index contributed by atoms with van der Waals surface area (Å²) in [6.45, 7) is 0. The Kier molecular flexibility index (Phi) is 7.90. The Hall–Kier alpha value is -1.34. The Balaban J connectivity index is 2.15. The first kappa shape index (κ1) is 24.3. The van der Waals surface area contributed by atoms with Gasteiger partial charge in [-0.25, -0.2) is 8.42 Å². The zero-order chi connectivity index (χ0) is 22.8. The molecule has 3 rings (SSSR count). The molecule has 0 aliphatic heterocycles. The second kappa shape index (κ2) is 10.1. The van der Waals surface area contributed by atoms with Crippen LogP contribution in [0.3, 0.4) is 0 Å². The summed E-state index contributed by atoms with van der Waals surface area (Å²) < 4.78 is 27.4. The molecule has 0 saturated heterocycles. The van der Waals surface area contributed by atoms with Crippen molar-refractivity contribution < 1.29 is 13.2 Å². The van der Waals surface area contributed by atoms with Gasteiger partial charge in [0.2, 0.25) is 5.78 Å². The summed E-state index contributed by atoms with van der Waals surface area (Å²) in [7, 11) is -4.07. The van der Waals surface area contributed by atoms with Crippen LogP contribution >= 0.6 is 62.3 Å². The number of allylic oxidation sites excluding steroid dienone is 1. The molecule has 0 aliphatic carbocycles. The van der Waals surface area contributed by atoms with Crippen molar-refractivity contribution in [3.63, 3.8) is 0 Å². The number of ketones is 1. The van der Waals surface area contributed by atoms with Gasteiger partial charge in [0.05, 0.1) is 15.8 Å². The van der Waals surface area contributed by atoms with Gasteiger partial charge in [-0.15, -0.1) is 0 Å². The zero-order valence-electron chi connectivity index (χ0n) is 15.6. The maximum absolute atomic E-state index is 13.3. The first-order chi connectivity index (χ1) is 14.6. The number of rotatable bonds is 6. The van der Waals surface area contributed by atoms with Crippen LogP contribution < -0.4 is 0 Å². The second-order valence-corrected chi connectivity index (χ2v) is 11.1. The SMILES string of the molecule is O=C(/C(=C\c1cc(Cl)cc(Cl)c1Cl)S(=O)(=O)Cc1ccc(Cl)cc1)c1ccc(Br)cc1. The molecule has 0 spiro atoms. The normalized spacial score (nSPS) is 12.1. The van der Waals surface area contributed by atoms with Crippen LogP contribution in [0.4, 0.5) is 0 Å². The molecule has 0 radical (unpaired) electrons. The third kappa shape index (κ3) is 6.13. The average Bonchev–Trinajstić information content (AvgIpc) is 2.71. The van der Waals surface area contributed by atoms with E-state index in [1.165, 1.54) is 30.3 Å². The standard InChI is InChI=1S/C22H13BrCl4O3S/c23-16-5-3-14(4-6-16)22(28)20(10-15-9-18(25)11-19(26)21(15)27)31(29,30)12-13-1-7-17(24)8-2-13/h1-11H,12H2/b20-10+. The Labute approximate surface area is 208 Å². The van der Waals surface area contributed by atoms with Crippen molar-refractivity contribution in [3.8, 4) is 0 Å². The molecule has 160 valence electrons. The fourth-order valence-electron chi connectivity index (χ4n) is 2.74. The van der Waals surface area contributed by atoms with E-state index in [1.807, 2.05) is 0 Å². The Morgan fingerprint density at radius 1 is 0.871 bits per heavy atom. The van der Waals surface area contributed by atoms with Gasteiger partial charge in [-0.2, -0.15) is 0 Å². The molecular formula is C22H13BrCl4O3S. The highest BCUT2D eigenvalue weighted by molar-refractivity contribution is 9.10. The van der Waals surface area contributed by atoms with E-state index < -0.39 is 26.3 Å². The van der Waals surface area contributed by atoms with Gasteiger partial charge >= 0.3 is 0 Å². The number of hydrogen-bond acceptors (Lipinski definition) is 3. The fraction of sp³-hybridized carbons (Fsp3) is 0.0455. The molecule has 3 aromatic carbocycles. The predicted octanol–water partition coefficient (Wildman–Crippen LogP) is 7.90. The zero-order valence-corrected chi connectivity index (χ0v) is 21.0. The molecule has 0 atom stereocenters. The van der Waals surface area contributed by atoms with Crippen LogP contribution in [0.15, 0.2) is 70.0 Å². The summed E-state index contributed by atoms with van der Waals surface area (Å²) in [4.78, 5) is 12.8. The van der Waals surface area contributed by atoms with E-state index in [9.17, 15) is 13.2 Å². The molecule has 0 bridgehead atoms. The Morgan fingerprint density at radius 2 is 1.48 bits per heavy atom. The number of hydrogen-bond donors (Lipinski definition) is 0. The molecule has 0 saturated carbocycles. The molecule has 0 fully saturated rings. The number of sulfone groups is 1. The lowest BCUT2D eigenvalue weighted by Gasteiger charge is -2.11. The first-order valence-electron chi connectivity index (χ1n) is 8.70. The van der Waals surface area contributed by atoms with Gasteiger partial charge in [0.15, 0.2) is 9.84 Å². The number of benzene rings is 3. The number of Topliss-reactive ketones (excluding diaryl/α,β-unsaturated/α-hetero) is 1. The van der Waals surface area contributed by atoms with Crippen molar-refractivity contribution >= 4 is 84.0 Å². The summed E-state index contributed by atoms with van der Waals surface area (Å²) in [5, 5.41) is 0.967. The van der Waals surface area contributed by atoms with Crippen molar-refractivity contribution in [3.05, 3.63) is 107 Å². The first-order valence-corrected chi connectivity index (χ1v) is 12.7. The highest BCUT2D eigenvalue weighted by atomic mass is 79.9. The van der Waals surface area contributed by atoms with Crippen LogP contribution in [0.2, 0.25) is 20.1 Å². The highest BCUT2D eigenvalue weighted by Gasteiger charge is 2.27. The van der Waals surface area contributed by atoms with Crippen molar-refractivity contribution in [1.29, 1.82) is 0 Å². The van der Waals surface area contributed by atoms with Gasteiger partial charge in [0.25, 0.3) is 0 Å². The van der Waals surface area contributed by atoms with Crippen molar-refractivity contribution in [2.45, 2.75) is 5.75 Å². The fourth-order valence-corrected chi connectivity index (χ4v) is 5.30. The molecule has 0 amide bonds. The number of halogens is 5. The smallest absolute Gasteiger partial charge is 0.204 e. The van der Waals surface area contributed by atoms with Gasteiger partial charge in [-0.05, 0) is 65.7 Å². The number of carbonyl (C=O) groups excluding carboxylic acids is 1. The molecule has 0 N–H and O–H groups in total. The van der Waals surface area contributed by atoms with Crippen LogP contribution in [-0.2, 0) is 15.6 Å². The Bertz CT molecular complexity index is 1270. The van der Waals surface area contributed by atoms with Crippen molar-refractivity contribution in [2.75, 3.05) is 0 Å². The minimum Gasteiger partial charge on any atom is -0.288 e. The van der Waals surface area contributed by atoms with E-state index in [-0.39, 0.29) is 26.2 Å². The molecule has 0 aromatic heterocycles. The van der Waals surface area contributed by atoms with E-state index in [1.54, 1.807) is 36.4 Å². The summed E-state index contributed by atoms with van der Waals surface area (Å²) in [6, 6.07) is 15.6. The lowest BCUT2D eigenvalue weighted by atomic mass is 10.1. The second-order valence-electron chi connectivity index (χ2n) is 6.52. The quantitative estimate of drug-likeness (QED) is 0.170. The van der Waals surface area contributed by atoms with Gasteiger partial charge < -0.3 is 0 Å². The van der Waals surface area contributed by atoms with Gasteiger partial charge in [0, 0.05) is 20.1 Å². The molecule has 31 heavy (non-hydrogen) atoms. The van der Waals surface area contributed by atoms with Crippen molar-refractivity contribution in [2.24, 2.45) is 0 Å². The maximum Gasteiger partial charge on any atom is 0.204 e. The lowest BCUT2D eigenvalue weighted by Crippen LogP contribution is -2.16. The Morgan fingerprint density at radius 3 is 2.10 bits per heavy atom. The molecule has 3 aromatic rings. The number of carbonyl (C=O) groups is 1. The van der Waals surface area contributed by atoms with E-state index in [0.717, 1.165) is 4.47 Å². The van der Waals surface area contributed by atoms with Gasteiger partial charge in [0.1, 0.15) is 4.91 Å². The molecule has 9 heteroatoms. The summed E-state index contributed by atoms with van der Waals surface area (Å²) >= 11 is 27.6. The highest BCUT2D eigenvalue weighted by Crippen LogP contribution is 2.33. The minimum atomic E-state index is -4.07. The van der Waals surface area contributed by atoms with Crippen LogP contribution in [0.25, 0.3) is 6.08 Å². The predicted molar refractivity (Wildman–Crippen MR) is 132 cm³/mol. The molecular weight excluding hydrogens is 566 g/mol. The van der Waals surface area contributed by atoms with E-state index in [0.29, 0.717) is 10.6 Å². The monoisotopic (exact) mass is 576 g/mol. The molecule has 0 heterocycles. The largest absolute Gasteiger partial charge is 0.288 e. The summed E-state index contributed by atoms with van der Waals surface area (Å²) in [5.41, 5.74) is 0.909. The minimum absolute atomic E-state index is 0.0915. The third-order valence-corrected chi connectivity index (χ3v) is 7.75. The van der Waals surface area contributed by atoms with E-state index in [2.05, 4.69) is 15.9 Å². The van der Waals surface area contributed by atoms with E-state index >= 15 is 0 Å². The summed E-state index contributed by atoms with van der Waals surface area (Å²) in [5.74, 6) is -1.07. The van der Waals surface area contributed by atoms with Crippen LogP contribution in [-0.4, -0.2) is 14.2 Å². The maximum atomic E-state index is 13.3. The molecule has 0 unspecified atom stereocenters. The average molecular weight is 579 g/mol. The van der Waals surface area contributed by atoms with Crippen LogP contribution in [0.5, 0.6) is 0 Å². The van der Waals surface area contributed by atoms with Gasteiger partial charge in [-0.1, -0.05) is 74.5 Å². The third-order valence-electron chi connectivity index (χ3n) is 4.24. The molecule has 3 nitrogen and oxygen atoms in total.